The van der Waals surface area contributed by atoms with Crippen LogP contribution in [-0.4, -0.2) is 19.7 Å². The number of fused-ring (bicyclic) bond motifs is 1. The first-order chi connectivity index (χ1) is 13.6. The van der Waals surface area contributed by atoms with Gasteiger partial charge in [-0.1, -0.05) is 32.0 Å². The number of aryl methyl sites for hydroxylation is 1. The Bertz CT molecular complexity index is 1170. The standard InChI is InChI=1S/C23H21N5/c1-16(2)9-11-28-15-19(14-26-28)21-8-7-20(13-24)27-23(21)18-6-5-17-4-3-10-25-22(17)12-18/h3-8,10,12,14-16H,9,11H2,1-2H3. The summed E-state index contributed by atoms with van der Waals surface area (Å²) in [5.74, 6) is 0.630. The van der Waals surface area contributed by atoms with Gasteiger partial charge in [0.2, 0.25) is 0 Å². The van der Waals surface area contributed by atoms with Gasteiger partial charge in [-0.15, -0.1) is 0 Å². The lowest BCUT2D eigenvalue weighted by atomic mass is 10.00. The highest BCUT2D eigenvalue weighted by Crippen LogP contribution is 2.32. The van der Waals surface area contributed by atoms with E-state index in [2.05, 4.69) is 35.0 Å². The highest BCUT2D eigenvalue weighted by molar-refractivity contribution is 5.87. The molecular formula is C23H21N5. The molecule has 0 saturated carbocycles. The normalized spacial score (nSPS) is 11.1. The van der Waals surface area contributed by atoms with E-state index in [0.717, 1.165) is 46.3 Å². The van der Waals surface area contributed by atoms with Crippen molar-refractivity contribution >= 4 is 10.9 Å². The summed E-state index contributed by atoms with van der Waals surface area (Å²) in [5, 5.41) is 14.9. The van der Waals surface area contributed by atoms with Gasteiger partial charge in [-0.3, -0.25) is 9.67 Å². The minimum atomic E-state index is 0.395. The summed E-state index contributed by atoms with van der Waals surface area (Å²) in [7, 11) is 0. The van der Waals surface area contributed by atoms with Crippen molar-refractivity contribution in [2.45, 2.75) is 26.8 Å². The van der Waals surface area contributed by atoms with Crippen molar-refractivity contribution in [1.29, 1.82) is 5.26 Å². The van der Waals surface area contributed by atoms with Crippen LogP contribution >= 0.6 is 0 Å². The van der Waals surface area contributed by atoms with Crippen LogP contribution in [-0.2, 0) is 6.54 Å². The zero-order valence-electron chi connectivity index (χ0n) is 16.0. The maximum atomic E-state index is 9.33. The largest absolute Gasteiger partial charge is 0.272 e. The van der Waals surface area contributed by atoms with Gasteiger partial charge in [0.15, 0.2) is 0 Å². The lowest BCUT2D eigenvalue weighted by molar-refractivity contribution is 0.487. The Labute approximate surface area is 164 Å². The summed E-state index contributed by atoms with van der Waals surface area (Å²) in [6, 6.07) is 15.9. The lowest BCUT2D eigenvalue weighted by Crippen LogP contribution is -2.01. The summed E-state index contributed by atoms with van der Waals surface area (Å²) in [5.41, 5.74) is 4.97. The number of nitriles is 1. The molecule has 4 rings (SSSR count). The number of hydrogen-bond acceptors (Lipinski definition) is 4. The Morgan fingerprint density at radius 2 is 2.00 bits per heavy atom. The third-order valence-corrected chi connectivity index (χ3v) is 4.77. The zero-order valence-corrected chi connectivity index (χ0v) is 16.0. The fourth-order valence-corrected chi connectivity index (χ4v) is 3.20. The van der Waals surface area contributed by atoms with Crippen molar-refractivity contribution < 1.29 is 0 Å². The van der Waals surface area contributed by atoms with Gasteiger partial charge in [-0.2, -0.15) is 10.4 Å². The first-order valence-corrected chi connectivity index (χ1v) is 9.43. The molecule has 1 aromatic carbocycles. The van der Waals surface area contributed by atoms with Gasteiger partial charge >= 0.3 is 0 Å². The number of rotatable bonds is 5. The second kappa shape index (κ2) is 7.61. The predicted molar refractivity (Wildman–Crippen MR) is 110 cm³/mol. The van der Waals surface area contributed by atoms with Crippen molar-refractivity contribution in [1.82, 2.24) is 19.7 Å². The SMILES string of the molecule is CC(C)CCn1cc(-c2ccc(C#N)nc2-c2ccc3cccnc3c2)cn1. The average Bonchev–Trinajstić information content (AvgIpc) is 3.20. The van der Waals surface area contributed by atoms with Crippen LogP contribution in [0.4, 0.5) is 0 Å². The maximum absolute atomic E-state index is 9.33. The van der Waals surface area contributed by atoms with Crippen LogP contribution in [0.25, 0.3) is 33.3 Å². The van der Waals surface area contributed by atoms with E-state index in [4.69, 9.17) is 0 Å². The molecule has 28 heavy (non-hydrogen) atoms. The van der Waals surface area contributed by atoms with E-state index >= 15 is 0 Å². The molecule has 0 aliphatic carbocycles. The second-order valence-electron chi connectivity index (χ2n) is 7.29. The van der Waals surface area contributed by atoms with Gasteiger partial charge in [0, 0.05) is 41.0 Å². The lowest BCUT2D eigenvalue weighted by Gasteiger charge is -2.09. The minimum absolute atomic E-state index is 0.395. The minimum Gasteiger partial charge on any atom is -0.272 e. The first-order valence-electron chi connectivity index (χ1n) is 9.43. The third kappa shape index (κ3) is 3.63. The molecular weight excluding hydrogens is 346 g/mol. The molecule has 0 atom stereocenters. The second-order valence-corrected chi connectivity index (χ2v) is 7.29. The van der Waals surface area contributed by atoms with Gasteiger partial charge in [-0.25, -0.2) is 4.98 Å². The molecule has 3 heterocycles. The summed E-state index contributed by atoms with van der Waals surface area (Å²) in [6.07, 6.45) is 6.78. The predicted octanol–water partition coefficient (Wildman–Crippen LogP) is 5.08. The maximum Gasteiger partial charge on any atom is 0.141 e. The Kier molecular flexibility index (Phi) is 4.86. The van der Waals surface area contributed by atoms with Crippen molar-refractivity contribution in [3.8, 4) is 28.5 Å². The van der Waals surface area contributed by atoms with E-state index in [0.29, 0.717) is 11.6 Å². The molecule has 0 aliphatic rings. The Hall–Kier alpha value is -3.52. The molecule has 5 heteroatoms. The van der Waals surface area contributed by atoms with E-state index in [1.54, 1.807) is 12.3 Å². The third-order valence-electron chi connectivity index (χ3n) is 4.77. The van der Waals surface area contributed by atoms with Gasteiger partial charge in [0.25, 0.3) is 0 Å². The molecule has 0 amide bonds. The Balaban J connectivity index is 1.79. The molecule has 138 valence electrons. The fraction of sp³-hybridized carbons (Fsp3) is 0.217. The number of pyridine rings is 2. The Morgan fingerprint density at radius 1 is 1.11 bits per heavy atom. The van der Waals surface area contributed by atoms with Crippen LogP contribution in [0.3, 0.4) is 0 Å². The number of hydrogen-bond donors (Lipinski definition) is 0. The smallest absolute Gasteiger partial charge is 0.141 e. The van der Waals surface area contributed by atoms with E-state index in [1.807, 2.05) is 53.5 Å². The molecule has 3 aromatic heterocycles. The van der Waals surface area contributed by atoms with Crippen molar-refractivity contribution in [3.05, 3.63) is 66.7 Å². The van der Waals surface area contributed by atoms with E-state index in [9.17, 15) is 5.26 Å². The number of benzene rings is 1. The molecule has 0 bridgehead atoms. The van der Waals surface area contributed by atoms with Gasteiger partial charge in [0.1, 0.15) is 11.8 Å². The molecule has 0 fully saturated rings. The summed E-state index contributed by atoms with van der Waals surface area (Å²) in [4.78, 5) is 9.05. The number of aromatic nitrogens is 4. The molecule has 0 aliphatic heterocycles. The summed E-state index contributed by atoms with van der Waals surface area (Å²) in [6.45, 7) is 5.30. The average molecular weight is 367 g/mol. The molecule has 4 aromatic rings. The molecule has 0 spiro atoms. The van der Waals surface area contributed by atoms with Gasteiger partial charge in [0.05, 0.1) is 17.4 Å². The first kappa shape index (κ1) is 17.9. The zero-order chi connectivity index (χ0) is 19.5. The number of nitrogens with zero attached hydrogens (tertiary/aromatic N) is 5. The quantitative estimate of drug-likeness (QED) is 0.493. The molecule has 0 unspecified atom stereocenters. The van der Waals surface area contributed by atoms with Crippen LogP contribution in [0, 0.1) is 17.2 Å². The van der Waals surface area contributed by atoms with Crippen LogP contribution in [0.5, 0.6) is 0 Å². The fourth-order valence-electron chi connectivity index (χ4n) is 3.20. The molecule has 0 saturated heterocycles. The highest BCUT2D eigenvalue weighted by atomic mass is 15.3. The Morgan fingerprint density at radius 3 is 2.82 bits per heavy atom. The van der Waals surface area contributed by atoms with Crippen molar-refractivity contribution in [2.75, 3.05) is 0 Å². The van der Waals surface area contributed by atoms with Crippen LogP contribution < -0.4 is 0 Å². The summed E-state index contributed by atoms with van der Waals surface area (Å²) < 4.78 is 1.97. The topological polar surface area (TPSA) is 67.4 Å². The van der Waals surface area contributed by atoms with Crippen molar-refractivity contribution in [3.63, 3.8) is 0 Å². The molecule has 0 N–H and O–H groups in total. The monoisotopic (exact) mass is 367 g/mol. The van der Waals surface area contributed by atoms with E-state index in [1.165, 1.54) is 0 Å². The van der Waals surface area contributed by atoms with Crippen LogP contribution in [0.2, 0.25) is 0 Å². The van der Waals surface area contributed by atoms with E-state index in [-0.39, 0.29) is 0 Å². The van der Waals surface area contributed by atoms with Crippen LogP contribution in [0.1, 0.15) is 26.0 Å². The van der Waals surface area contributed by atoms with Gasteiger partial charge in [-0.05, 0) is 36.6 Å². The van der Waals surface area contributed by atoms with Crippen molar-refractivity contribution in [2.24, 2.45) is 5.92 Å². The summed E-state index contributed by atoms with van der Waals surface area (Å²) >= 11 is 0. The molecule has 0 radical (unpaired) electrons. The van der Waals surface area contributed by atoms with E-state index < -0.39 is 0 Å². The van der Waals surface area contributed by atoms with Crippen LogP contribution in [0.15, 0.2) is 61.1 Å². The highest BCUT2D eigenvalue weighted by Gasteiger charge is 2.13. The van der Waals surface area contributed by atoms with Gasteiger partial charge < -0.3 is 0 Å². The molecule has 5 nitrogen and oxygen atoms in total.